The van der Waals surface area contributed by atoms with Gasteiger partial charge in [0.05, 0.1) is 12.2 Å². The summed E-state index contributed by atoms with van der Waals surface area (Å²) in [7, 11) is 3.48. The first-order chi connectivity index (χ1) is 9.58. The Balaban J connectivity index is 1.75. The fourth-order valence-electron chi connectivity index (χ4n) is 2.33. The molecule has 2 rings (SSSR count). The summed E-state index contributed by atoms with van der Waals surface area (Å²) in [4.78, 5) is 27.2. The third kappa shape index (κ3) is 3.49. The largest absolute Gasteiger partial charge is 0.350 e. The van der Waals surface area contributed by atoms with Gasteiger partial charge in [-0.05, 0) is 18.9 Å². The van der Waals surface area contributed by atoms with E-state index in [2.05, 4.69) is 15.5 Å². The number of urea groups is 1. The minimum Gasteiger partial charge on any atom is -0.350 e. The number of amides is 3. The Morgan fingerprint density at radius 2 is 2.15 bits per heavy atom. The van der Waals surface area contributed by atoms with Gasteiger partial charge in [-0.25, -0.2) is 4.79 Å². The van der Waals surface area contributed by atoms with E-state index in [1.165, 1.54) is 0 Å². The van der Waals surface area contributed by atoms with E-state index in [0.29, 0.717) is 32.5 Å². The van der Waals surface area contributed by atoms with E-state index in [4.69, 9.17) is 0 Å². The van der Waals surface area contributed by atoms with Gasteiger partial charge in [0, 0.05) is 39.3 Å². The molecule has 0 unspecified atom stereocenters. The minimum atomic E-state index is -0.0101. The number of rotatable bonds is 3. The second-order valence-electron chi connectivity index (χ2n) is 5.24. The van der Waals surface area contributed by atoms with E-state index < -0.39 is 0 Å². The lowest BCUT2D eigenvalue weighted by atomic mass is 9.96. The second-order valence-corrected chi connectivity index (χ2v) is 5.24. The van der Waals surface area contributed by atoms with Gasteiger partial charge in [-0.2, -0.15) is 5.10 Å². The molecule has 0 bridgehead atoms. The van der Waals surface area contributed by atoms with Crippen molar-refractivity contribution in [3.63, 3.8) is 0 Å². The van der Waals surface area contributed by atoms with Crippen molar-refractivity contribution in [1.82, 2.24) is 25.3 Å². The number of hydrogen-bond acceptors (Lipinski definition) is 3. The highest BCUT2D eigenvalue weighted by atomic mass is 16.2. The average molecular weight is 279 g/mol. The molecule has 2 heterocycles. The van der Waals surface area contributed by atoms with E-state index in [-0.39, 0.29) is 17.9 Å². The maximum absolute atomic E-state index is 12.0. The Morgan fingerprint density at radius 3 is 2.70 bits per heavy atom. The summed E-state index contributed by atoms with van der Waals surface area (Å²) >= 11 is 0. The summed E-state index contributed by atoms with van der Waals surface area (Å²) in [6, 6.07) is 1.85. The van der Waals surface area contributed by atoms with Crippen LogP contribution in [-0.2, 0) is 11.3 Å². The number of aromatic amines is 1. The van der Waals surface area contributed by atoms with Crippen LogP contribution in [0.4, 0.5) is 4.79 Å². The van der Waals surface area contributed by atoms with Crippen molar-refractivity contribution in [1.29, 1.82) is 0 Å². The lowest BCUT2D eigenvalue weighted by molar-refractivity contribution is -0.126. The van der Waals surface area contributed by atoms with Crippen molar-refractivity contribution in [3.05, 3.63) is 18.0 Å². The highest BCUT2D eigenvalue weighted by Gasteiger charge is 2.27. The molecule has 3 amide bonds. The van der Waals surface area contributed by atoms with Gasteiger partial charge in [-0.15, -0.1) is 0 Å². The molecule has 1 saturated heterocycles. The van der Waals surface area contributed by atoms with Gasteiger partial charge in [0.2, 0.25) is 5.91 Å². The summed E-state index contributed by atoms with van der Waals surface area (Å²) in [6.07, 6.45) is 3.09. The van der Waals surface area contributed by atoms with E-state index in [1.54, 1.807) is 30.1 Å². The SMILES string of the molecule is CN(C)C(=O)N1CCC(C(=O)NCc2ccn[nH]2)CC1. The zero-order chi connectivity index (χ0) is 14.5. The van der Waals surface area contributed by atoms with Gasteiger partial charge in [-0.3, -0.25) is 9.89 Å². The predicted octanol–water partition coefficient (Wildman–Crippen LogP) is 0.420. The monoisotopic (exact) mass is 279 g/mol. The smallest absolute Gasteiger partial charge is 0.319 e. The van der Waals surface area contributed by atoms with Crippen LogP contribution in [0.3, 0.4) is 0 Å². The quantitative estimate of drug-likeness (QED) is 0.841. The molecular weight excluding hydrogens is 258 g/mol. The van der Waals surface area contributed by atoms with Gasteiger partial charge in [0.1, 0.15) is 0 Å². The third-order valence-electron chi connectivity index (χ3n) is 3.53. The molecule has 0 radical (unpaired) electrons. The molecular formula is C13H21N5O2. The van der Waals surface area contributed by atoms with E-state index in [1.807, 2.05) is 6.07 Å². The summed E-state index contributed by atoms with van der Waals surface area (Å²) in [5.41, 5.74) is 0.888. The Labute approximate surface area is 118 Å². The molecule has 0 aliphatic carbocycles. The summed E-state index contributed by atoms with van der Waals surface area (Å²) in [5.74, 6) is 0.0423. The molecule has 1 aromatic heterocycles. The Morgan fingerprint density at radius 1 is 1.45 bits per heavy atom. The molecule has 2 N–H and O–H groups in total. The number of nitrogens with one attached hydrogen (secondary N) is 2. The van der Waals surface area contributed by atoms with Crippen LogP contribution in [0, 0.1) is 5.92 Å². The number of carbonyl (C=O) groups is 2. The molecule has 0 saturated carbocycles. The van der Waals surface area contributed by atoms with E-state index in [0.717, 1.165) is 5.69 Å². The second kappa shape index (κ2) is 6.40. The van der Waals surface area contributed by atoms with Gasteiger partial charge in [0.15, 0.2) is 0 Å². The molecule has 1 aliphatic rings. The summed E-state index contributed by atoms with van der Waals surface area (Å²) in [6.45, 7) is 1.74. The third-order valence-corrected chi connectivity index (χ3v) is 3.53. The Kier molecular flexibility index (Phi) is 4.60. The molecule has 7 heteroatoms. The van der Waals surface area contributed by atoms with Crippen LogP contribution in [0.1, 0.15) is 18.5 Å². The molecule has 1 fully saturated rings. The summed E-state index contributed by atoms with van der Waals surface area (Å²) < 4.78 is 0. The maximum atomic E-state index is 12.0. The Hall–Kier alpha value is -2.05. The van der Waals surface area contributed by atoms with Crippen LogP contribution in [-0.4, -0.2) is 59.1 Å². The molecule has 7 nitrogen and oxygen atoms in total. The van der Waals surface area contributed by atoms with Crippen molar-refractivity contribution < 1.29 is 9.59 Å². The molecule has 0 atom stereocenters. The number of likely N-dealkylation sites (tertiary alicyclic amines) is 1. The van der Waals surface area contributed by atoms with Gasteiger partial charge < -0.3 is 15.1 Å². The van der Waals surface area contributed by atoms with Crippen molar-refractivity contribution in [2.75, 3.05) is 27.2 Å². The zero-order valence-corrected chi connectivity index (χ0v) is 11.9. The lowest BCUT2D eigenvalue weighted by Crippen LogP contribution is -2.46. The maximum Gasteiger partial charge on any atom is 0.319 e. The first kappa shape index (κ1) is 14.4. The van der Waals surface area contributed by atoms with E-state index in [9.17, 15) is 9.59 Å². The van der Waals surface area contributed by atoms with Crippen LogP contribution in [0.2, 0.25) is 0 Å². The van der Waals surface area contributed by atoms with Crippen molar-refractivity contribution in [2.45, 2.75) is 19.4 Å². The average Bonchev–Trinajstić information content (AvgIpc) is 2.97. The van der Waals surface area contributed by atoms with Crippen LogP contribution in [0.15, 0.2) is 12.3 Å². The predicted molar refractivity (Wildman–Crippen MR) is 73.8 cm³/mol. The van der Waals surface area contributed by atoms with Crippen molar-refractivity contribution in [2.24, 2.45) is 5.92 Å². The van der Waals surface area contributed by atoms with Crippen molar-refractivity contribution >= 4 is 11.9 Å². The molecule has 110 valence electrons. The first-order valence-corrected chi connectivity index (χ1v) is 6.80. The molecule has 20 heavy (non-hydrogen) atoms. The van der Waals surface area contributed by atoms with Crippen LogP contribution in [0.5, 0.6) is 0 Å². The Bertz CT molecular complexity index is 449. The highest BCUT2D eigenvalue weighted by molar-refractivity contribution is 5.79. The van der Waals surface area contributed by atoms with Gasteiger partial charge in [-0.1, -0.05) is 0 Å². The van der Waals surface area contributed by atoms with Crippen LogP contribution in [0.25, 0.3) is 0 Å². The van der Waals surface area contributed by atoms with Gasteiger partial charge in [0.25, 0.3) is 0 Å². The molecule has 1 aliphatic heterocycles. The number of H-pyrrole nitrogens is 1. The molecule has 0 aromatic carbocycles. The number of carbonyl (C=O) groups excluding carboxylic acids is 2. The first-order valence-electron chi connectivity index (χ1n) is 6.80. The number of nitrogens with zero attached hydrogens (tertiary/aromatic N) is 3. The minimum absolute atomic E-state index is 0.0101. The van der Waals surface area contributed by atoms with Crippen LogP contribution < -0.4 is 5.32 Å². The highest BCUT2D eigenvalue weighted by Crippen LogP contribution is 2.18. The lowest BCUT2D eigenvalue weighted by Gasteiger charge is -2.33. The number of hydrogen-bond donors (Lipinski definition) is 2. The normalized spacial score (nSPS) is 16.0. The fourth-order valence-corrected chi connectivity index (χ4v) is 2.33. The van der Waals surface area contributed by atoms with Crippen LogP contribution >= 0.6 is 0 Å². The zero-order valence-electron chi connectivity index (χ0n) is 11.9. The topological polar surface area (TPSA) is 81.3 Å². The fraction of sp³-hybridized carbons (Fsp3) is 0.615. The summed E-state index contributed by atoms with van der Waals surface area (Å²) in [5, 5.41) is 9.54. The molecule has 1 aromatic rings. The molecule has 0 spiro atoms. The van der Waals surface area contributed by atoms with Crippen molar-refractivity contribution in [3.8, 4) is 0 Å². The van der Waals surface area contributed by atoms with Gasteiger partial charge >= 0.3 is 6.03 Å². The standard InChI is InChI=1S/C13H21N5O2/c1-17(2)13(20)18-7-4-10(5-8-18)12(19)14-9-11-3-6-15-16-11/h3,6,10H,4-5,7-9H2,1-2H3,(H,14,19)(H,15,16). The number of aromatic nitrogens is 2. The van der Waals surface area contributed by atoms with E-state index >= 15 is 0 Å². The number of piperidine rings is 1.